The molecule has 1 amide bonds. The van der Waals surface area contributed by atoms with Crippen LogP contribution in [-0.4, -0.2) is 31.6 Å². The molecule has 0 aliphatic heterocycles. The molecule has 0 bridgehead atoms. The minimum Gasteiger partial charge on any atom is -0.465 e. The van der Waals surface area contributed by atoms with Gasteiger partial charge in [-0.1, -0.05) is 42.5 Å². The van der Waals surface area contributed by atoms with E-state index in [1.807, 2.05) is 30.3 Å². The fraction of sp³-hybridized carbons (Fsp3) is 0.136. The second-order valence-corrected chi connectivity index (χ2v) is 6.10. The molecule has 0 aliphatic rings. The van der Waals surface area contributed by atoms with Crippen LogP contribution in [0.2, 0.25) is 0 Å². The highest BCUT2D eigenvalue weighted by Gasteiger charge is 2.11. The van der Waals surface area contributed by atoms with Crippen LogP contribution in [0, 0.1) is 0 Å². The maximum absolute atomic E-state index is 12.2. The Morgan fingerprint density at radius 3 is 2.21 bits per heavy atom. The largest absolute Gasteiger partial charge is 0.465 e. The second-order valence-electron chi connectivity index (χ2n) is 6.10. The van der Waals surface area contributed by atoms with Crippen molar-refractivity contribution in [3.8, 4) is 0 Å². The van der Waals surface area contributed by atoms with Crippen molar-refractivity contribution in [1.29, 1.82) is 0 Å². The molecule has 3 rings (SSSR count). The maximum atomic E-state index is 12.2. The van der Waals surface area contributed by atoms with E-state index < -0.39 is 17.8 Å². The van der Waals surface area contributed by atoms with Gasteiger partial charge in [0.15, 0.2) is 6.61 Å². The second kappa shape index (κ2) is 8.81. The first kappa shape index (κ1) is 19.1. The predicted octanol–water partition coefficient (Wildman–Crippen LogP) is 3.10. The fourth-order valence-corrected chi connectivity index (χ4v) is 2.66. The van der Waals surface area contributed by atoms with E-state index >= 15 is 0 Å². The fourth-order valence-electron chi connectivity index (χ4n) is 2.66. The predicted molar refractivity (Wildman–Crippen MR) is 104 cm³/mol. The minimum absolute atomic E-state index is 0.258. The van der Waals surface area contributed by atoms with E-state index in [0.29, 0.717) is 11.1 Å². The quantitative estimate of drug-likeness (QED) is 0.668. The SMILES string of the molecule is COC(=O)c1ccc(CNC(=O)COC(=O)c2ccc3ccccc3c2)cc1. The number of benzene rings is 3. The van der Waals surface area contributed by atoms with Crippen LogP contribution in [-0.2, 0) is 20.8 Å². The Morgan fingerprint density at radius 2 is 1.50 bits per heavy atom. The zero-order valence-corrected chi connectivity index (χ0v) is 15.3. The van der Waals surface area contributed by atoms with Gasteiger partial charge in [-0.2, -0.15) is 0 Å². The van der Waals surface area contributed by atoms with Gasteiger partial charge in [0.2, 0.25) is 0 Å². The van der Waals surface area contributed by atoms with E-state index in [9.17, 15) is 14.4 Å². The molecule has 3 aromatic rings. The normalized spacial score (nSPS) is 10.3. The Balaban J connectivity index is 1.49. The van der Waals surface area contributed by atoms with Crippen LogP contribution in [0.1, 0.15) is 26.3 Å². The molecule has 0 saturated carbocycles. The van der Waals surface area contributed by atoms with Crippen LogP contribution < -0.4 is 5.32 Å². The number of hydrogen-bond acceptors (Lipinski definition) is 5. The van der Waals surface area contributed by atoms with Crippen molar-refractivity contribution in [3.63, 3.8) is 0 Å². The minimum atomic E-state index is -0.552. The molecule has 0 fully saturated rings. The molecule has 3 aromatic carbocycles. The summed E-state index contributed by atoms with van der Waals surface area (Å²) in [6.07, 6.45) is 0. The van der Waals surface area contributed by atoms with Gasteiger partial charge in [0.05, 0.1) is 18.2 Å². The van der Waals surface area contributed by atoms with Crippen molar-refractivity contribution in [3.05, 3.63) is 83.4 Å². The third-order valence-electron chi connectivity index (χ3n) is 4.18. The molecule has 28 heavy (non-hydrogen) atoms. The first-order valence-corrected chi connectivity index (χ1v) is 8.66. The lowest BCUT2D eigenvalue weighted by molar-refractivity contribution is -0.124. The van der Waals surface area contributed by atoms with Crippen LogP contribution >= 0.6 is 0 Å². The van der Waals surface area contributed by atoms with Crippen LogP contribution in [0.15, 0.2) is 66.7 Å². The number of carbonyl (C=O) groups is 3. The van der Waals surface area contributed by atoms with Crippen LogP contribution in [0.5, 0.6) is 0 Å². The molecular formula is C22H19NO5. The average Bonchev–Trinajstić information content (AvgIpc) is 2.75. The van der Waals surface area contributed by atoms with Crippen molar-refractivity contribution in [2.24, 2.45) is 0 Å². The molecule has 0 unspecified atom stereocenters. The van der Waals surface area contributed by atoms with E-state index in [1.54, 1.807) is 36.4 Å². The Morgan fingerprint density at radius 1 is 0.821 bits per heavy atom. The molecule has 0 saturated heterocycles. The number of rotatable bonds is 6. The molecule has 6 heteroatoms. The van der Waals surface area contributed by atoms with Crippen LogP contribution in [0.25, 0.3) is 10.8 Å². The summed E-state index contributed by atoms with van der Waals surface area (Å²) in [7, 11) is 1.32. The van der Waals surface area contributed by atoms with Crippen molar-refractivity contribution in [1.82, 2.24) is 5.32 Å². The summed E-state index contributed by atoms with van der Waals surface area (Å²) < 4.78 is 9.71. The van der Waals surface area contributed by atoms with E-state index in [2.05, 4.69) is 10.1 Å². The number of methoxy groups -OCH3 is 1. The number of amides is 1. The number of carbonyl (C=O) groups excluding carboxylic acids is 3. The molecule has 0 spiro atoms. The molecule has 6 nitrogen and oxygen atoms in total. The van der Waals surface area contributed by atoms with Gasteiger partial charge in [-0.15, -0.1) is 0 Å². The summed E-state index contributed by atoms with van der Waals surface area (Å²) in [5.74, 6) is -1.38. The number of esters is 2. The third-order valence-corrected chi connectivity index (χ3v) is 4.18. The third kappa shape index (κ3) is 4.73. The smallest absolute Gasteiger partial charge is 0.338 e. The Hall–Kier alpha value is -3.67. The Bertz CT molecular complexity index is 1010. The lowest BCUT2D eigenvalue weighted by Crippen LogP contribution is -2.28. The lowest BCUT2D eigenvalue weighted by atomic mass is 10.1. The molecule has 142 valence electrons. The Kier molecular flexibility index (Phi) is 6.01. The lowest BCUT2D eigenvalue weighted by Gasteiger charge is -2.08. The molecule has 0 atom stereocenters. The van der Waals surface area contributed by atoms with Gasteiger partial charge in [-0.25, -0.2) is 9.59 Å². The number of ether oxygens (including phenoxy) is 2. The van der Waals surface area contributed by atoms with Gasteiger partial charge < -0.3 is 14.8 Å². The molecule has 0 aliphatic carbocycles. The highest BCUT2D eigenvalue weighted by atomic mass is 16.5. The van der Waals surface area contributed by atoms with Crippen LogP contribution in [0.4, 0.5) is 0 Å². The summed E-state index contributed by atoms with van der Waals surface area (Å²) in [6.45, 7) is -0.111. The summed E-state index contributed by atoms with van der Waals surface area (Å²) in [5, 5.41) is 4.62. The molecule has 1 N–H and O–H groups in total. The number of fused-ring (bicyclic) bond motifs is 1. The molecule has 0 aromatic heterocycles. The van der Waals surface area contributed by atoms with Gasteiger partial charge in [-0.05, 0) is 40.6 Å². The molecular weight excluding hydrogens is 358 g/mol. The Labute approximate surface area is 162 Å². The number of hydrogen-bond donors (Lipinski definition) is 1. The van der Waals surface area contributed by atoms with Gasteiger partial charge in [-0.3, -0.25) is 4.79 Å². The zero-order valence-electron chi connectivity index (χ0n) is 15.3. The monoisotopic (exact) mass is 377 g/mol. The zero-order chi connectivity index (χ0) is 19.9. The highest BCUT2D eigenvalue weighted by Crippen LogP contribution is 2.16. The average molecular weight is 377 g/mol. The van der Waals surface area contributed by atoms with Crippen molar-refractivity contribution >= 4 is 28.6 Å². The molecule has 0 radical (unpaired) electrons. The maximum Gasteiger partial charge on any atom is 0.338 e. The van der Waals surface area contributed by atoms with Gasteiger partial charge in [0.25, 0.3) is 5.91 Å². The summed E-state index contributed by atoms with van der Waals surface area (Å²) >= 11 is 0. The van der Waals surface area contributed by atoms with Crippen molar-refractivity contribution < 1.29 is 23.9 Å². The van der Waals surface area contributed by atoms with Gasteiger partial charge in [0.1, 0.15) is 0 Å². The molecule has 0 heterocycles. The first-order chi connectivity index (χ1) is 13.6. The van der Waals surface area contributed by atoms with Gasteiger partial charge in [0, 0.05) is 6.54 Å². The van der Waals surface area contributed by atoms with E-state index in [1.165, 1.54) is 7.11 Å². The topological polar surface area (TPSA) is 81.7 Å². The summed E-state index contributed by atoms with van der Waals surface area (Å²) in [5.41, 5.74) is 1.63. The number of nitrogens with one attached hydrogen (secondary N) is 1. The summed E-state index contributed by atoms with van der Waals surface area (Å²) in [4.78, 5) is 35.5. The first-order valence-electron chi connectivity index (χ1n) is 8.66. The van der Waals surface area contributed by atoms with E-state index in [0.717, 1.165) is 16.3 Å². The highest BCUT2D eigenvalue weighted by molar-refractivity contribution is 5.96. The summed E-state index contributed by atoms with van der Waals surface area (Å²) in [6, 6.07) is 19.6. The van der Waals surface area contributed by atoms with Crippen molar-refractivity contribution in [2.75, 3.05) is 13.7 Å². The standard InChI is InChI=1S/C22H19NO5/c1-27-21(25)17-8-6-15(7-9-17)13-23-20(24)14-28-22(26)19-11-10-16-4-2-3-5-18(16)12-19/h2-12H,13-14H2,1H3,(H,23,24). The van der Waals surface area contributed by atoms with E-state index in [4.69, 9.17) is 4.74 Å². The van der Waals surface area contributed by atoms with E-state index in [-0.39, 0.29) is 13.2 Å². The van der Waals surface area contributed by atoms with Gasteiger partial charge >= 0.3 is 11.9 Å². The van der Waals surface area contributed by atoms with Crippen LogP contribution in [0.3, 0.4) is 0 Å². The van der Waals surface area contributed by atoms with Crippen molar-refractivity contribution in [2.45, 2.75) is 6.54 Å².